The van der Waals surface area contributed by atoms with Crippen LogP contribution in [0.25, 0.3) is 0 Å². The van der Waals surface area contributed by atoms with Crippen LogP contribution in [0, 0.1) is 0 Å². The largest absolute Gasteiger partial charge is 0.388 e. The van der Waals surface area contributed by atoms with Crippen molar-refractivity contribution in [2.24, 2.45) is 0 Å². The topological polar surface area (TPSA) is 48.1 Å². The van der Waals surface area contributed by atoms with Gasteiger partial charge in [-0.15, -0.1) is 0 Å². The van der Waals surface area contributed by atoms with Crippen molar-refractivity contribution in [1.82, 2.24) is 9.88 Å². The molecule has 1 aromatic carbocycles. The fourth-order valence-electron chi connectivity index (χ4n) is 1.91. The Labute approximate surface area is 113 Å². The van der Waals surface area contributed by atoms with Crippen LogP contribution >= 0.6 is 0 Å². The second-order valence-electron chi connectivity index (χ2n) is 4.52. The van der Waals surface area contributed by atoms with Crippen LogP contribution < -0.4 is 5.32 Å². The summed E-state index contributed by atoms with van der Waals surface area (Å²) < 4.78 is 0. The third kappa shape index (κ3) is 3.37. The predicted molar refractivity (Wildman–Crippen MR) is 77.4 cm³/mol. The maximum atomic E-state index is 12.2. The summed E-state index contributed by atoms with van der Waals surface area (Å²) in [7, 11) is 3.70. The number of nitrogens with zero attached hydrogens (tertiary/aromatic N) is 1. The highest BCUT2D eigenvalue weighted by Gasteiger charge is 2.11. The first-order valence-electron chi connectivity index (χ1n) is 6.35. The van der Waals surface area contributed by atoms with E-state index >= 15 is 0 Å². The van der Waals surface area contributed by atoms with Crippen molar-refractivity contribution in [3.63, 3.8) is 0 Å². The van der Waals surface area contributed by atoms with Gasteiger partial charge in [0.15, 0.2) is 0 Å². The van der Waals surface area contributed by atoms with Gasteiger partial charge in [0, 0.05) is 44.3 Å². The highest BCUT2D eigenvalue weighted by molar-refractivity contribution is 5.94. The minimum Gasteiger partial charge on any atom is -0.388 e. The summed E-state index contributed by atoms with van der Waals surface area (Å²) in [5.74, 6) is 0.0539. The van der Waals surface area contributed by atoms with Crippen LogP contribution in [0.15, 0.2) is 42.7 Å². The maximum Gasteiger partial charge on any atom is 0.253 e. The zero-order chi connectivity index (χ0) is 13.7. The summed E-state index contributed by atoms with van der Waals surface area (Å²) in [6, 6.07) is 9.54. The highest BCUT2D eigenvalue weighted by Crippen LogP contribution is 2.10. The second kappa shape index (κ2) is 6.09. The van der Waals surface area contributed by atoms with Crippen LogP contribution in [0.4, 0.5) is 5.69 Å². The molecule has 1 amide bonds. The molecule has 2 aromatic rings. The van der Waals surface area contributed by atoms with Gasteiger partial charge in [0.05, 0.1) is 0 Å². The Hall–Kier alpha value is -2.23. The average Bonchev–Trinajstić information content (AvgIpc) is 2.97. The fraction of sp³-hybridized carbons (Fsp3) is 0.267. The number of hydrogen-bond acceptors (Lipinski definition) is 2. The van der Waals surface area contributed by atoms with Gasteiger partial charge in [0.1, 0.15) is 0 Å². The summed E-state index contributed by atoms with van der Waals surface area (Å²) in [6.45, 7) is 0.713. The first-order chi connectivity index (χ1) is 9.20. The highest BCUT2D eigenvalue weighted by atomic mass is 16.2. The smallest absolute Gasteiger partial charge is 0.253 e. The zero-order valence-corrected chi connectivity index (χ0v) is 11.3. The molecule has 2 N–H and O–H groups in total. The number of amides is 1. The molecule has 19 heavy (non-hydrogen) atoms. The Bertz CT molecular complexity index is 517. The first-order valence-corrected chi connectivity index (χ1v) is 6.35. The molecule has 0 aliphatic carbocycles. The molecule has 0 radical (unpaired) electrons. The molecule has 0 unspecified atom stereocenters. The number of H-pyrrole nitrogens is 1. The standard InChI is InChI=1S/C15H19N3O/c1-16-14-5-3-13(4-6-14)15(19)18(2)10-8-12-7-9-17-11-12/h3-7,9,11,16-17H,8,10H2,1-2H3. The molecule has 0 fully saturated rings. The summed E-state index contributed by atoms with van der Waals surface area (Å²) in [4.78, 5) is 17.0. The third-order valence-electron chi connectivity index (χ3n) is 3.17. The number of carbonyl (C=O) groups is 1. The Morgan fingerprint density at radius 3 is 2.58 bits per heavy atom. The molecule has 2 rings (SSSR count). The van der Waals surface area contributed by atoms with Gasteiger partial charge in [-0.25, -0.2) is 0 Å². The van der Waals surface area contributed by atoms with Crippen molar-refractivity contribution < 1.29 is 4.79 Å². The molecular weight excluding hydrogens is 238 g/mol. The normalized spacial score (nSPS) is 10.2. The molecule has 4 nitrogen and oxygen atoms in total. The molecule has 0 spiro atoms. The van der Waals surface area contributed by atoms with Crippen LogP contribution in [0.5, 0.6) is 0 Å². The fourth-order valence-corrected chi connectivity index (χ4v) is 1.91. The molecule has 1 aromatic heterocycles. The average molecular weight is 257 g/mol. The number of carbonyl (C=O) groups excluding carboxylic acids is 1. The number of aromatic amines is 1. The minimum atomic E-state index is 0.0539. The van der Waals surface area contributed by atoms with Crippen LogP contribution in [0.2, 0.25) is 0 Å². The molecule has 0 saturated carbocycles. The monoisotopic (exact) mass is 257 g/mol. The number of nitrogens with one attached hydrogen (secondary N) is 2. The number of aromatic nitrogens is 1. The minimum absolute atomic E-state index is 0.0539. The number of likely N-dealkylation sites (N-methyl/N-ethyl adjacent to an activating group) is 1. The van der Waals surface area contributed by atoms with Crippen LogP contribution in [-0.2, 0) is 6.42 Å². The van der Waals surface area contributed by atoms with Gasteiger partial charge in [0.2, 0.25) is 0 Å². The van der Waals surface area contributed by atoms with Gasteiger partial charge in [0.25, 0.3) is 5.91 Å². The van der Waals surface area contributed by atoms with Crippen molar-refractivity contribution in [1.29, 1.82) is 0 Å². The molecular formula is C15H19N3O. The maximum absolute atomic E-state index is 12.2. The van der Waals surface area contributed by atoms with E-state index in [1.165, 1.54) is 5.56 Å². The van der Waals surface area contributed by atoms with Crippen molar-refractivity contribution in [3.05, 3.63) is 53.9 Å². The molecule has 100 valence electrons. The van der Waals surface area contributed by atoms with E-state index in [1.54, 1.807) is 4.90 Å². The summed E-state index contributed by atoms with van der Waals surface area (Å²) >= 11 is 0. The molecule has 0 saturated heterocycles. The molecule has 0 aliphatic heterocycles. The Kier molecular flexibility index (Phi) is 4.23. The van der Waals surface area contributed by atoms with E-state index in [0.29, 0.717) is 6.54 Å². The van der Waals surface area contributed by atoms with Gasteiger partial charge in [-0.3, -0.25) is 4.79 Å². The van der Waals surface area contributed by atoms with E-state index in [4.69, 9.17) is 0 Å². The van der Waals surface area contributed by atoms with E-state index in [2.05, 4.69) is 10.3 Å². The Balaban J connectivity index is 1.94. The number of hydrogen-bond donors (Lipinski definition) is 2. The summed E-state index contributed by atoms with van der Waals surface area (Å²) in [6.07, 6.45) is 4.72. The van der Waals surface area contributed by atoms with E-state index < -0.39 is 0 Å². The van der Waals surface area contributed by atoms with E-state index in [1.807, 2.05) is 56.8 Å². The number of anilines is 1. The van der Waals surface area contributed by atoms with Gasteiger partial charge in [-0.05, 0) is 42.3 Å². The van der Waals surface area contributed by atoms with Crippen LogP contribution in [0.3, 0.4) is 0 Å². The lowest BCUT2D eigenvalue weighted by atomic mass is 10.1. The summed E-state index contributed by atoms with van der Waals surface area (Å²) in [5, 5.41) is 3.04. The van der Waals surface area contributed by atoms with Gasteiger partial charge >= 0.3 is 0 Å². The molecule has 0 atom stereocenters. The van der Waals surface area contributed by atoms with Crippen molar-refractivity contribution in [2.45, 2.75) is 6.42 Å². The lowest BCUT2D eigenvalue weighted by molar-refractivity contribution is 0.0796. The Morgan fingerprint density at radius 2 is 2.00 bits per heavy atom. The van der Waals surface area contributed by atoms with Crippen LogP contribution in [-0.4, -0.2) is 36.4 Å². The third-order valence-corrected chi connectivity index (χ3v) is 3.17. The summed E-state index contributed by atoms with van der Waals surface area (Å²) in [5.41, 5.74) is 2.94. The van der Waals surface area contributed by atoms with E-state index in [9.17, 15) is 4.79 Å². The van der Waals surface area contributed by atoms with Crippen molar-refractivity contribution >= 4 is 11.6 Å². The molecule has 0 aliphatic rings. The predicted octanol–water partition coefficient (Wildman–Crippen LogP) is 2.37. The SMILES string of the molecule is CNc1ccc(C(=O)N(C)CCc2cc[nH]c2)cc1. The second-order valence-corrected chi connectivity index (χ2v) is 4.52. The number of rotatable bonds is 5. The van der Waals surface area contributed by atoms with Gasteiger partial charge in [-0.1, -0.05) is 0 Å². The quantitative estimate of drug-likeness (QED) is 0.864. The van der Waals surface area contributed by atoms with E-state index in [0.717, 1.165) is 17.7 Å². The molecule has 1 heterocycles. The first kappa shape index (κ1) is 13.2. The van der Waals surface area contributed by atoms with Gasteiger partial charge in [-0.2, -0.15) is 0 Å². The Morgan fingerprint density at radius 1 is 1.26 bits per heavy atom. The lowest BCUT2D eigenvalue weighted by Crippen LogP contribution is -2.28. The van der Waals surface area contributed by atoms with Crippen LogP contribution in [0.1, 0.15) is 15.9 Å². The molecule has 0 bridgehead atoms. The number of benzene rings is 1. The van der Waals surface area contributed by atoms with Crippen molar-refractivity contribution in [3.8, 4) is 0 Å². The van der Waals surface area contributed by atoms with E-state index in [-0.39, 0.29) is 5.91 Å². The lowest BCUT2D eigenvalue weighted by Gasteiger charge is -2.17. The zero-order valence-electron chi connectivity index (χ0n) is 11.3. The van der Waals surface area contributed by atoms with Gasteiger partial charge < -0.3 is 15.2 Å². The van der Waals surface area contributed by atoms with Crippen molar-refractivity contribution in [2.75, 3.05) is 26.0 Å². The molecule has 4 heteroatoms.